The molecule has 1 fully saturated rings. The van der Waals surface area contributed by atoms with Crippen LogP contribution in [0, 0.1) is 0 Å². The van der Waals surface area contributed by atoms with Gasteiger partial charge in [-0.25, -0.2) is 4.98 Å². The number of oxazole rings is 1. The molecule has 0 saturated carbocycles. The summed E-state index contributed by atoms with van der Waals surface area (Å²) in [6.07, 6.45) is 0.411. The fourth-order valence-corrected chi connectivity index (χ4v) is 3.93. The van der Waals surface area contributed by atoms with E-state index >= 15 is 0 Å². The SMILES string of the molecule is COC(=O)C[C@@H]1CSCCN1[C@@H](C)c1nc2ccccc2o1. The Morgan fingerprint density at radius 1 is 1.55 bits per heavy atom. The van der Waals surface area contributed by atoms with Crippen LogP contribution >= 0.6 is 11.8 Å². The van der Waals surface area contributed by atoms with Gasteiger partial charge in [0, 0.05) is 24.1 Å². The minimum absolute atomic E-state index is 0.0444. The molecule has 0 N–H and O–H groups in total. The number of esters is 1. The number of methoxy groups -OCH3 is 1. The number of thioether (sulfide) groups is 1. The van der Waals surface area contributed by atoms with Crippen LogP contribution in [-0.2, 0) is 9.53 Å². The highest BCUT2D eigenvalue weighted by atomic mass is 32.2. The van der Waals surface area contributed by atoms with Crippen LogP contribution < -0.4 is 0 Å². The molecule has 1 aromatic carbocycles. The average Bonchev–Trinajstić information content (AvgIpc) is 2.98. The predicted octanol–water partition coefficient (Wildman–Crippen LogP) is 2.87. The van der Waals surface area contributed by atoms with Crippen LogP contribution in [0.25, 0.3) is 11.1 Å². The quantitative estimate of drug-likeness (QED) is 0.808. The maximum absolute atomic E-state index is 11.6. The molecule has 2 atom stereocenters. The number of hydrogen-bond donors (Lipinski definition) is 0. The molecule has 118 valence electrons. The molecule has 2 heterocycles. The third kappa shape index (κ3) is 3.13. The first-order valence-electron chi connectivity index (χ1n) is 7.45. The van der Waals surface area contributed by atoms with Crippen molar-refractivity contribution in [3.05, 3.63) is 30.2 Å². The summed E-state index contributed by atoms with van der Waals surface area (Å²) in [5, 5.41) is 0. The summed E-state index contributed by atoms with van der Waals surface area (Å²) in [6.45, 7) is 3.01. The van der Waals surface area contributed by atoms with Gasteiger partial charge in [-0.05, 0) is 19.1 Å². The standard InChI is InChI=1S/C16H20N2O3S/c1-11(16-17-13-5-3-4-6-14(13)21-16)18-7-8-22-10-12(18)9-15(19)20-2/h3-6,11-12H,7-10H2,1-2H3/t11-,12+/m0/s1. The molecule has 1 aliphatic rings. The van der Waals surface area contributed by atoms with Gasteiger partial charge in [-0.15, -0.1) is 0 Å². The molecule has 1 aliphatic heterocycles. The second kappa shape index (κ2) is 6.71. The van der Waals surface area contributed by atoms with E-state index in [0.717, 1.165) is 29.2 Å². The van der Waals surface area contributed by atoms with Crippen LogP contribution in [-0.4, -0.2) is 47.1 Å². The van der Waals surface area contributed by atoms with Crippen LogP contribution in [0.5, 0.6) is 0 Å². The van der Waals surface area contributed by atoms with E-state index in [0.29, 0.717) is 12.3 Å². The molecule has 3 rings (SSSR count). The van der Waals surface area contributed by atoms with E-state index in [4.69, 9.17) is 9.15 Å². The zero-order valence-electron chi connectivity index (χ0n) is 12.8. The lowest BCUT2D eigenvalue weighted by atomic mass is 10.1. The first-order valence-corrected chi connectivity index (χ1v) is 8.60. The second-order valence-corrected chi connectivity index (χ2v) is 6.59. The second-order valence-electron chi connectivity index (χ2n) is 5.44. The molecule has 22 heavy (non-hydrogen) atoms. The number of carbonyl (C=O) groups is 1. The molecule has 0 spiro atoms. The van der Waals surface area contributed by atoms with Crippen LogP contribution in [0.2, 0.25) is 0 Å². The summed E-state index contributed by atoms with van der Waals surface area (Å²) in [5.41, 5.74) is 1.68. The number of rotatable bonds is 4. The third-order valence-corrected chi connectivity index (χ3v) is 5.16. The Bertz CT molecular complexity index is 625. The van der Waals surface area contributed by atoms with E-state index in [1.54, 1.807) is 0 Å². The minimum atomic E-state index is -0.165. The van der Waals surface area contributed by atoms with Crippen molar-refractivity contribution in [2.75, 3.05) is 25.2 Å². The van der Waals surface area contributed by atoms with Gasteiger partial charge in [-0.1, -0.05) is 12.1 Å². The summed E-state index contributed by atoms with van der Waals surface area (Å²) in [5.74, 6) is 2.53. The summed E-state index contributed by atoms with van der Waals surface area (Å²) >= 11 is 1.88. The summed E-state index contributed by atoms with van der Waals surface area (Å²) in [4.78, 5) is 18.5. The number of aromatic nitrogens is 1. The summed E-state index contributed by atoms with van der Waals surface area (Å²) in [6, 6.07) is 7.99. The third-order valence-electron chi connectivity index (χ3n) is 4.07. The Kier molecular flexibility index (Phi) is 4.69. The van der Waals surface area contributed by atoms with E-state index in [-0.39, 0.29) is 18.1 Å². The van der Waals surface area contributed by atoms with Gasteiger partial charge in [-0.2, -0.15) is 11.8 Å². The summed E-state index contributed by atoms with van der Waals surface area (Å²) < 4.78 is 10.7. The Morgan fingerprint density at radius 3 is 3.14 bits per heavy atom. The van der Waals surface area contributed by atoms with Gasteiger partial charge in [0.25, 0.3) is 0 Å². The molecule has 2 aromatic rings. The van der Waals surface area contributed by atoms with Gasteiger partial charge in [0.1, 0.15) is 5.52 Å². The predicted molar refractivity (Wildman–Crippen MR) is 86.9 cm³/mol. The van der Waals surface area contributed by atoms with Gasteiger partial charge in [0.15, 0.2) is 5.58 Å². The molecule has 1 aromatic heterocycles. The molecule has 0 radical (unpaired) electrons. The number of para-hydroxylation sites is 2. The van der Waals surface area contributed by atoms with Crippen molar-refractivity contribution in [1.82, 2.24) is 9.88 Å². The van der Waals surface area contributed by atoms with Crippen molar-refractivity contribution in [2.24, 2.45) is 0 Å². The molecule has 0 aliphatic carbocycles. The van der Waals surface area contributed by atoms with E-state index in [2.05, 4.69) is 16.8 Å². The highest BCUT2D eigenvalue weighted by Crippen LogP contribution is 2.30. The monoisotopic (exact) mass is 320 g/mol. The lowest BCUT2D eigenvalue weighted by Gasteiger charge is -2.37. The molecule has 0 amide bonds. The lowest BCUT2D eigenvalue weighted by Crippen LogP contribution is -2.45. The largest absolute Gasteiger partial charge is 0.469 e. The Balaban J connectivity index is 1.81. The van der Waals surface area contributed by atoms with E-state index in [1.807, 2.05) is 36.0 Å². The van der Waals surface area contributed by atoms with E-state index < -0.39 is 0 Å². The molecule has 6 heteroatoms. The minimum Gasteiger partial charge on any atom is -0.469 e. The Hall–Kier alpha value is -1.53. The number of carbonyl (C=O) groups excluding carboxylic acids is 1. The zero-order chi connectivity index (χ0) is 15.5. The van der Waals surface area contributed by atoms with E-state index in [9.17, 15) is 4.79 Å². The zero-order valence-corrected chi connectivity index (χ0v) is 13.6. The van der Waals surface area contributed by atoms with Crippen LogP contribution in [0.15, 0.2) is 28.7 Å². The van der Waals surface area contributed by atoms with Gasteiger partial charge in [-0.3, -0.25) is 9.69 Å². The normalized spacial score (nSPS) is 20.9. The number of benzene rings is 1. The van der Waals surface area contributed by atoms with Crippen molar-refractivity contribution in [3.8, 4) is 0 Å². The fraction of sp³-hybridized carbons (Fsp3) is 0.500. The van der Waals surface area contributed by atoms with Crippen molar-refractivity contribution in [1.29, 1.82) is 0 Å². The van der Waals surface area contributed by atoms with Crippen LogP contribution in [0.1, 0.15) is 25.3 Å². The van der Waals surface area contributed by atoms with Gasteiger partial charge < -0.3 is 9.15 Å². The molecule has 0 unspecified atom stereocenters. The molecule has 5 nitrogen and oxygen atoms in total. The maximum Gasteiger partial charge on any atom is 0.307 e. The van der Waals surface area contributed by atoms with Crippen molar-refractivity contribution in [2.45, 2.75) is 25.4 Å². The Morgan fingerprint density at radius 2 is 2.36 bits per heavy atom. The number of hydrogen-bond acceptors (Lipinski definition) is 6. The summed E-state index contributed by atoms with van der Waals surface area (Å²) in [7, 11) is 1.44. The van der Waals surface area contributed by atoms with Gasteiger partial charge in [0.05, 0.1) is 19.6 Å². The Labute approximate surface area is 134 Å². The lowest BCUT2D eigenvalue weighted by molar-refractivity contribution is -0.142. The fourth-order valence-electron chi connectivity index (χ4n) is 2.84. The topological polar surface area (TPSA) is 55.6 Å². The first kappa shape index (κ1) is 15.4. The highest BCUT2D eigenvalue weighted by Gasteiger charge is 2.31. The van der Waals surface area contributed by atoms with E-state index in [1.165, 1.54) is 7.11 Å². The average molecular weight is 320 g/mol. The number of fused-ring (bicyclic) bond motifs is 1. The van der Waals surface area contributed by atoms with Gasteiger partial charge in [0.2, 0.25) is 5.89 Å². The number of ether oxygens (including phenoxy) is 1. The number of nitrogens with zero attached hydrogens (tertiary/aromatic N) is 2. The maximum atomic E-state index is 11.6. The highest BCUT2D eigenvalue weighted by molar-refractivity contribution is 7.99. The van der Waals surface area contributed by atoms with Crippen LogP contribution in [0.4, 0.5) is 0 Å². The molecule has 0 bridgehead atoms. The van der Waals surface area contributed by atoms with Crippen LogP contribution in [0.3, 0.4) is 0 Å². The molecule has 1 saturated heterocycles. The van der Waals surface area contributed by atoms with Crippen molar-refractivity contribution in [3.63, 3.8) is 0 Å². The molecular weight excluding hydrogens is 300 g/mol. The van der Waals surface area contributed by atoms with Crippen molar-refractivity contribution < 1.29 is 13.9 Å². The van der Waals surface area contributed by atoms with Crippen molar-refractivity contribution >= 4 is 28.8 Å². The smallest absolute Gasteiger partial charge is 0.307 e. The first-order chi connectivity index (χ1) is 10.7. The molecular formula is C16H20N2O3S. The van der Waals surface area contributed by atoms with Gasteiger partial charge >= 0.3 is 5.97 Å².